The monoisotopic (exact) mass is 405 g/mol. The summed E-state index contributed by atoms with van der Waals surface area (Å²) in [5.41, 5.74) is 1.47. The Morgan fingerprint density at radius 3 is 2.63 bits per heavy atom. The van der Waals surface area contributed by atoms with Gasteiger partial charge in [0.1, 0.15) is 11.5 Å². The molecule has 1 amide bonds. The fraction of sp³-hybridized carbons (Fsp3) is 0.273. The molecule has 8 nitrogen and oxygen atoms in total. The first-order valence-corrected chi connectivity index (χ1v) is 10.0. The summed E-state index contributed by atoms with van der Waals surface area (Å²) in [7, 11) is 0. The van der Waals surface area contributed by atoms with Crippen molar-refractivity contribution in [2.24, 2.45) is 0 Å². The number of amides is 1. The number of carbonyl (C=O) groups is 1. The summed E-state index contributed by atoms with van der Waals surface area (Å²) >= 11 is 0. The third-order valence-electron chi connectivity index (χ3n) is 5.36. The number of nitrogens with one attached hydrogen (secondary N) is 2. The number of benzene rings is 2. The largest absolute Gasteiger partial charge is 0.375 e. The Labute approximate surface area is 174 Å². The molecule has 154 valence electrons. The van der Waals surface area contributed by atoms with Crippen molar-refractivity contribution in [3.05, 3.63) is 82.0 Å². The number of hydrogen-bond acceptors (Lipinski definition) is 5. The number of rotatable bonds is 7. The van der Waals surface area contributed by atoms with Gasteiger partial charge >= 0.3 is 0 Å². The smallest absolute Gasteiger partial charge is 0.293 e. The van der Waals surface area contributed by atoms with Crippen LogP contribution in [0.1, 0.15) is 47.6 Å². The first-order valence-electron chi connectivity index (χ1n) is 10.0. The molecule has 0 aliphatic heterocycles. The van der Waals surface area contributed by atoms with Crippen LogP contribution in [-0.4, -0.2) is 20.6 Å². The SMILES string of the molecule is O=C(Nc1ccnn1C1CCCC1)c1ccc(NCc2ccccc2)c([N+](=O)[O-])c1. The normalized spacial score (nSPS) is 13.9. The zero-order valence-corrected chi connectivity index (χ0v) is 16.5. The molecule has 1 saturated carbocycles. The minimum atomic E-state index is -0.479. The molecule has 4 rings (SSSR count). The van der Waals surface area contributed by atoms with Gasteiger partial charge in [-0.25, -0.2) is 4.68 Å². The van der Waals surface area contributed by atoms with Crippen molar-refractivity contribution >= 4 is 23.1 Å². The predicted octanol–water partition coefficient (Wildman–Crippen LogP) is 4.77. The van der Waals surface area contributed by atoms with Crippen LogP contribution in [-0.2, 0) is 6.54 Å². The quantitative estimate of drug-likeness (QED) is 0.435. The molecule has 1 fully saturated rings. The van der Waals surface area contributed by atoms with Crippen LogP contribution in [0.15, 0.2) is 60.8 Å². The molecule has 0 atom stereocenters. The summed E-state index contributed by atoms with van der Waals surface area (Å²) in [6, 6.07) is 16.1. The van der Waals surface area contributed by atoms with Gasteiger partial charge in [0.25, 0.3) is 11.6 Å². The Bertz CT molecular complexity index is 1040. The van der Waals surface area contributed by atoms with Crippen molar-refractivity contribution in [3.8, 4) is 0 Å². The number of nitro groups is 1. The summed E-state index contributed by atoms with van der Waals surface area (Å²) in [5, 5.41) is 21.8. The second-order valence-corrected chi connectivity index (χ2v) is 7.38. The minimum Gasteiger partial charge on any atom is -0.375 e. The van der Waals surface area contributed by atoms with Crippen LogP contribution in [0.2, 0.25) is 0 Å². The van der Waals surface area contributed by atoms with Gasteiger partial charge in [0, 0.05) is 24.2 Å². The molecular formula is C22H23N5O3. The third kappa shape index (κ3) is 4.32. The zero-order chi connectivity index (χ0) is 20.9. The molecule has 2 N–H and O–H groups in total. The van der Waals surface area contributed by atoms with Gasteiger partial charge in [-0.3, -0.25) is 14.9 Å². The minimum absolute atomic E-state index is 0.136. The highest BCUT2D eigenvalue weighted by Crippen LogP contribution is 2.31. The van der Waals surface area contributed by atoms with Crippen molar-refractivity contribution in [2.45, 2.75) is 38.3 Å². The van der Waals surface area contributed by atoms with E-state index < -0.39 is 10.8 Å². The van der Waals surface area contributed by atoms with Crippen molar-refractivity contribution in [2.75, 3.05) is 10.6 Å². The van der Waals surface area contributed by atoms with E-state index in [1.807, 2.05) is 35.0 Å². The summed E-state index contributed by atoms with van der Waals surface area (Å²) in [6.45, 7) is 0.452. The molecule has 2 aromatic carbocycles. The third-order valence-corrected chi connectivity index (χ3v) is 5.36. The van der Waals surface area contributed by atoms with Crippen molar-refractivity contribution in [1.29, 1.82) is 0 Å². The highest BCUT2D eigenvalue weighted by atomic mass is 16.6. The Kier molecular flexibility index (Phi) is 5.74. The van der Waals surface area contributed by atoms with Crippen molar-refractivity contribution in [3.63, 3.8) is 0 Å². The van der Waals surface area contributed by atoms with Crippen LogP contribution in [0.3, 0.4) is 0 Å². The summed E-state index contributed by atoms with van der Waals surface area (Å²) in [5.74, 6) is 0.216. The van der Waals surface area contributed by atoms with E-state index in [0.29, 0.717) is 18.1 Å². The molecule has 8 heteroatoms. The van der Waals surface area contributed by atoms with Crippen LogP contribution >= 0.6 is 0 Å². The summed E-state index contributed by atoms with van der Waals surface area (Å²) in [6.07, 6.45) is 6.05. The van der Waals surface area contributed by atoms with Crippen LogP contribution in [0.25, 0.3) is 0 Å². The second kappa shape index (κ2) is 8.77. The molecule has 0 saturated heterocycles. The van der Waals surface area contributed by atoms with Crippen molar-refractivity contribution < 1.29 is 9.72 Å². The van der Waals surface area contributed by atoms with Gasteiger partial charge in [0.05, 0.1) is 17.2 Å². The number of anilines is 2. The van der Waals surface area contributed by atoms with Crippen LogP contribution < -0.4 is 10.6 Å². The van der Waals surface area contributed by atoms with Crippen LogP contribution in [0.5, 0.6) is 0 Å². The van der Waals surface area contributed by atoms with Crippen LogP contribution in [0.4, 0.5) is 17.2 Å². The lowest BCUT2D eigenvalue weighted by molar-refractivity contribution is -0.384. The Morgan fingerprint density at radius 1 is 1.13 bits per heavy atom. The number of carbonyl (C=O) groups excluding carboxylic acids is 1. The first-order chi connectivity index (χ1) is 14.6. The fourth-order valence-electron chi connectivity index (χ4n) is 3.81. The van der Waals surface area contributed by atoms with E-state index in [1.54, 1.807) is 24.4 Å². The maximum absolute atomic E-state index is 12.7. The van der Waals surface area contributed by atoms with Gasteiger partial charge in [-0.1, -0.05) is 43.2 Å². The van der Waals surface area contributed by atoms with Gasteiger partial charge < -0.3 is 10.6 Å². The van der Waals surface area contributed by atoms with Gasteiger partial charge in [-0.15, -0.1) is 0 Å². The molecule has 1 aromatic heterocycles. The molecule has 3 aromatic rings. The van der Waals surface area contributed by atoms with E-state index in [0.717, 1.165) is 31.2 Å². The Hall–Kier alpha value is -3.68. The van der Waals surface area contributed by atoms with E-state index in [-0.39, 0.29) is 17.3 Å². The lowest BCUT2D eigenvalue weighted by Gasteiger charge is -2.15. The van der Waals surface area contributed by atoms with Gasteiger partial charge in [0.15, 0.2) is 0 Å². The fourth-order valence-corrected chi connectivity index (χ4v) is 3.81. The van der Waals surface area contributed by atoms with Gasteiger partial charge in [-0.2, -0.15) is 5.10 Å². The lowest BCUT2D eigenvalue weighted by Crippen LogP contribution is -2.18. The number of hydrogen-bond donors (Lipinski definition) is 2. The zero-order valence-electron chi connectivity index (χ0n) is 16.5. The highest BCUT2D eigenvalue weighted by molar-refractivity contribution is 6.04. The first kappa shape index (κ1) is 19.6. The average molecular weight is 405 g/mol. The molecule has 1 aliphatic rings. The van der Waals surface area contributed by atoms with E-state index in [4.69, 9.17) is 0 Å². The molecule has 0 spiro atoms. The van der Waals surface area contributed by atoms with E-state index in [1.165, 1.54) is 6.07 Å². The molecule has 0 radical (unpaired) electrons. The maximum atomic E-state index is 12.7. The summed E-state index contributed by atoms with van der Waals surface area (Å²) < 4.78 is 1.84. The average Bonchev–Trinajstić information content (AvgIpc) is 3.44. The Balaban J connectivity index is 1.50. The second-order valence-electron chi connectivity index (χ2n) is 7.38. The molecule has 1 aliphatic carbocycles. The maximum Gasteiger partial charge on any atom is 0.293 e. The topological polar surface area (TPSA) is 102 Å². The molecule has 0 bridgehead atoms. The number of nitro benzene ring substituents is 1. The standard InChI is InChI=1S/C22H23N5O3/c28-22(25-21-12-13-24-26(21)18-8-4-5-9-18)17-10-11-19(20(14-17)27(29)30)23-15-16-6-2-1-3-7-16/h1-3,6-7,10-14,18,23H,4-5,8-9,15H2,(H,25,28). The molecule has 30 heavy (non-hydrogen) atoms. The van der Waals surface area contributed by atoms with Gasteiger partial charge in [0.2, 0.25) is 0 Å². The lowest BCUT2D eigenvalue weighted by atomic mass is 10.1. The van der Waals surface area contributed by atoms with E-state index in [9.17, 15) is 14.9 Å². The van der Waals surface area contributed by atoms with E-state index in [2.05, 4.69) is 15.7 Å². The van der Waals surface area contributed by atoms with Crippen molar-refractivity contribution in [1.82, 2.24) is 9.78 Å². The van der Waals surface area contributed by atoms with E-state index >= 15 is 0 Å². The number of nitrogens with zero attached hydrogens (tertiary/aromatic N) is 3. The van der Waals surface area contributed by atoms with Gasteiger partial charge in [-0.05, 0) is 30.5 Å². The highest BCUT2D eigenvalue weighted by Gasteiger charge is 2.22. The molecular weight excluding hydrogens is 382 g/mol. The molecule has 0 unspecified atom stereocenters. The Morgan fingerprint density at radius 2 is 1.90 bits per heavy atom. The molecule has 1 heterocycles. The predicted molar refractivity (Wildman–Crippen MR) is 115 cm³/mol. The summed E-state index contributed by atoms with van der Waals surface area (Å²) in [4.78, 5) is 23.8. The van der Waals surface area contributed by atoms with Crippen LogP contribution in [0, 0.1) is 10.1 Å². The number of aromatic nitrogens is 2.